The Labute approximate surface area is 104 Å². The molecule has 0 saturated carbocycles. The Bertz CT molecular complexity index is 424. The van der Waals surface area contributed by atoms with Crippen LogP contribution in [-0.2, 0) is 9.53 Å². The van der Waals surface area contributed by atoms with Gasteiger partial charge in [-0.25, -0.2) is 4.79 Å². The highest BCUT2D eigenvalue weighted by Gasteiger charge is 2.15. The van der Waals surface area contributed by atoms with E-state index in [2.05, 4.69) is 10.1 Å². The molecule has 0 bridgehead atoms. The van der Waals surface area contributed by atoms with Crippen LogP contribution in [-0.4, -0.2) is 38.0 Å². The molecule has 0 atom stereocenters. The van der Waals surface area contributed by atoms with Gasteiger partial charge in [0.25, 0.3) is 5.91 Å². The van der Waals surface area contributed by atoms with Crippen LogP contribution < -0.4 is 5.32 Å². The highest BCUT2D eigenvalue weighted by Crippen LogP contribution is 2.09. The molecule has 92 valence electrons. The highest BCUT2D eigenvalue weighted by molar-refractivity contribution is 7.12. The van der Waals surface area contributed by atoms with Gasteiger partial charge >= 0.3 is 5.97 Å². The molecule has 5 nitrogen and oxygen atoms in total. The van der Waals surface area contributed by atoms with E-state index in [1.807, 2.05) is 0 Å². The molecule has 0 radical (unpaired) electrons. The van der Waals surface area contributed by atoms with Crippen molar-refractivity contribution in [3.8, 4) is 0 Å². The Hall–Kier alpha value is -1.82. The Morgan fingerprint density at radius 3 is 2.65 bits per heavy atom. The van der Waals surface area contributed by atoms with E-state index in [4.69, 9.17) is 0 Å². The minimum absolute atomic E-state index is 0.107. The Morgan fingerprint density at radius 2 is 2.18 bits per heavy atom. The predicted molar refractivity (Wildman–Crippen MR) is 65.6 cm³/mol. The average molecular weight is 254 g/mol. The van der Waals surface area contributed by atoms with Crippen molar-refractivity contribution in [1.29, 1.82) is 0 Å². The van der Waals surface area contributed by atoms with E-state index in [-0.39, 0.29) is 11.6 Å². The van der Waals surface area contributed by atoms with Crippen LogP contribution in [0, 0.1) is 0 Å². The maximum atomic E-state index is 11.8. The second-order valence-electron chi connectivity index (χ2n) is 3.43. The van der Waals surface area contributed by atoms with Gasteiger partial charge in [-0.2, -0.15) is 0 Å². The summed E-state index contributed by atoms with van der Waals surface area (Å²) in [4.78, 5) is 25.4. The summed E-state index contributed by atoms with van der Waals surface area (Å²) < 4.78 is 4.59. The van der Waals surface area contributed by atoms with Crippen LogP contribution in [0.5, 0.6) is 0 Å². The van der Waals surface area contributed by atoms with E-state index < -0.39 is 5.97 Å². The van der Waals surface area contributed by atoms with Gasteiger partial charge < -0.3 is 15.0 Å². The summed E-state index contributed by atoms with van der Waals surface area (Å²) in [6.45, 7) is 0. The molecule has 1 N–H and O–H groups in total. The first-order chi connectivity index (χ1) is 8.04. The molecule has 0 saturated heterocycles. The summed E-state index contributed by atoms with van der Waals surface area (Å²) in [5, 5.41) is 4.31. The first kappa shape index (κ1) is 13.2. The number of esters is 1. The molecule has 1 amide bonds. The van der Waals surface area contributed by atoms with Crippen LogP contribution in [0.2, 0.25) is 0 Å². The third kappa shape index (κ3) is 3.92. The van der Waals surface area contributed by atoms with E-state index >= 15 is 0 Å². The molecule has 0 unspecified atom stereocenters. The number of hydrogen-bond acceptors (Lipinski definition) is 5. The summed E-state index contributed by atoms with van der Waals surface area (Å²) in [7, 11) is 4.77. The third-order valence-corrected chi connectivity index (χ3v) is 2.65. The van der Waals surface area contributed by atoms with Crippen LogP contribution in [0.1, 0.15) is 9.67 Å². The Kier molecular flexibility index (Phi) is 4.71. The van der Waals surface area contributed by atoms with Gasteiger partial charge in [0.2, 0.25) is 0 Å². The van der Waals surface area contributed by atoms with Crippen LogP contribution in [0.4, 0.5) is 0 Å². The predicted octanol–water partition coefficient (Wildman–Crippen LogP) is 1.05. The summed E-state index contributed by atoms with van der Waals surface area (Å²) in [5.74, 6) is -0.901. The molecule has 1 aromatic rings. The van der Waals surface area contributed by atoms with Gasteiger partial charge in [0, 0.05) is 20.3 Å². The number of nitrogens with one attached hydrogen (secondary N) is 1. The number of ether oxygens (including phenoxy) is 1. The molecule has 6 heteroatoms. The standard InChI is InChI=1S/C11H14N2O3S/c1-13(2)7-8(11(15)16-3)12-10(14)9-5-4-6-17-9/h4-7H,1-3H3,(H,12,14). The number of nitrogens with zero attached hydrogens (tertiary/aromatic N) is 1. The van der Waals surface area contributed by atoms with Crippen LogP contribution >= 0.6 is 11.3 Å². The SMILES string of the molecule is COC(=O)C(=CN(C)C)NC(=O)c1cccs1. The Morgan fingerprint density at radius 1 is 1.47 bits per heavy atom. The van der Waals surface area contributed by atoms with Crippen molar-refractivity contribution in [1.82, 2.24) is 10.2 Å². The molecular weight excluding hydrogens is 240 g/mol. The highest BCUT2D eigenvalue weighted by atomic mass is 32.1. The summed E-state index contributed by atoms with van der Waals surface area (Å²) in [6, 6.07) is 3.46. The summed E-state index contributed by atoms with van der Waals surface area (Å²) >= 11 is 1.31. The average Bonchev–Trinajstić information content (AvgIpc) is 2.79. The van der Waals surface area contributed by atoms with E-state index in [9.17, 15) is 9.59 Å². The molecule has 17 heavy (non-hydrogen) atoms. The fraction of sp³-hybridized carbons (Fsp3) is 0.273. The quantitative estimate of drug-likeness (QED) is 0.644. The maximum absolute atomic E-state index is 11.8. The number of rotatable bonds is 4. The van der Waals surface area contributed by atoms with Crippen molar-refractivity contribution in [2.24, 2.45) is 0 Å². The topological polar surface area (TPSA) is 58.6 Å². The fourth-order valence-corrected chi connectivity index (χ4v) is 1.71. The zero-order valence-electron chi connectivity index (χ0n) is 9.89. The van der Waals surface area contributed by atoms with Gasteiger partial charge in [0.1, 0.15) is 5.70 Å². The number of carbonyl (C=O) groups excluding carboxylic acids is 2. The first-order valence-corrected chi connectivity index (χ1v) is 5.74. The van der Waals surface area contributed by atoms with E-state index in [1.54, 1.807) is 36.5 Å². The third-order valence-electron chi connectivity index (χ3n) is 1.79. The van der Waals surface area contributed by atoms with E-state index in [0.717, 1.165) is 0 Å². The molecular formula is C11H14N2O3S. The summed E-state index contributed by atoms with van der Waals surface area (Å²) in [6.07, 6.45) is 1.50. The van der Waals surface area contributed by atoms with Crippen molar-refractivity contribution >= 4 is 23.2 Å². The van der Waals surface area contributed by atoms with Gasteiger partial charge in [-0.15, -0.1) is 11.3 Å². The maximum Gasteiger partial charge on any atom is 0.356 e. The molecule has 0 aliphatic carbocycles. The zero-order valence-corrected chi connectivity index (χ0v) is 10.7. The number of hydrogen-bond donors (Lipinski definition) is 1. The Balaban J connectivity index is 2.81. The number of methoxy groups -OCH3 is 1. The number of amides is 1. The molecule has 1 aromatic heterocycles. The lowest BCUT2D eigenvalue weighted by Gasteiger charge is -2.11. The number of thiophene rings is 1. The van der Waals surface area contributed by atoms with Gasteiger partial charge in [0.05, 0.1) is 12.0 Å². The van der Waals surface area contributed by atoms with Crippen LogP contribution in [0.15, 0.2) is 29.4 Å². The van der Waals surface area contributed by atoms with Gasteiger partial charge in [-0.1, -0.05) is 6.07 Å². The monoisotopic (exact) mass is 254 g/mol. The largest absolute Gasteiger partial charge is 0.464 e. The molecule has 0 aliphatic heterocycles. The molecule has 1 rings (SSSR count). The molecule has 0 aromatic carbocycles. The smallest absolute Gasteiger partial charge is 0.356 e. The molecule has 0 aliphatic rings. The fourth-order valence-electron chi connectivity index (χ4n) is 1.10. The van der Waals surface area contributed by atoms with E-state index in [0.29, 0.717) is 4.88 Å². The lowest BCUT2D eigenvalue weighted by Crippen LogP contribution is -2.29. The lowest BCUT2D eigenvalue weighted by molar-refractivity contribution is -0.136. The normalized spacial score (nSPS) is 10.9. The van der Waals surface area contributed by atoms with Crippen molar-refractivity contribution in [2.75, 3.05) is 21.2 Å². The van der Waals surface area contributed by atoms with Gasteiger partial charge in [0.15, 0.2) is 0 Å². The molecule has 1 heterocycles. The minimum atomic E-state index is -0.580. The van der Waals surface area contributed by atoms with E-state index in [1.165, 1.54) is 24.6 Å². The van der Waals surface area contributed by atoms with Gasteiger partial charge in [-0.3, -0.25) is 4.79 Å². The second kappa shape index (κ2) is 6.05. The van der Waals surface area contributed by atoms with Crippen LogP contribution in [0.25, 0.3) is 0 Å². The molecule has 0 fully saturated rings. The van der Waals surface area contributed by atoms with Gasteiger partial charge in [-0.05, 0) is 11.4 Å². The van der Waals surface area contributed by atoms with Crippen molar-refractivity contribution < 1.29 is 14.3 Å². The number of carbonyl (C=O) groups is 2. The first-order valence-electron chi connectivity index (χ1n) is 4.86. The zero-order chi connectivity index (χ0) is 12.8. The lowest BCUT2D eigenvalue weighted by atomic mass is 10.4. The molecule has 0 spiro atoms. The minimum Gasteiger partial charge on any atom is -0.464 e. The summed E-state index contributed by atoms with van der Waals surface area (Å²) in [5.41, 5.74) is 0.107. The second-order valence-corrected chi connectivity index (χ2v) is 4.38. The van der Waals surface area contributed by atoms with Crippen molar-refractivity contribution in [3.63, 3.8) is 0 Å². The van der Waals surface area contributed by atoms with Crippen LogP contribution in [0.3, 0.4) is 0 Å². The van der Waals surface area contributed by atoms with Crippen molar-refractivity contribution in [3.05, 3.63) is 34.3 Å². The van der Waals surface area contributed by atoms with Crippen molar-refractivity contribution in [2.45, 2.75) is 0 Å².